The molecule has 0 aliphatic rings. The number of hydrogen-bond acceptors (Lipinski definition) is 3. The number of benzene rings is 1. The summed E-state index contributed by atoms with van der Waals surface area (Å²) in [5, 5.41) is 2.73. The van der Waals surface area contributed by atoms with Crippen LogP contribution in [0.15, 0.2) is 24.3 Å². The van der Waals surface area contributed by atoms with Gasteiger partial charge in [0.25, 0.3) is 5.91 Å². The fourth-order valence-corrected chi connectivity index (χ4v) is 1.23. The highest BCUT2D eigenvalue weighted by molar-refractivity contribution is 5.77. The molecular weight excluding hydrogens is 204 g/mol. The van der Waals surface area contributed by atoms with Crippen LogP contribution in [0, 0.1) is 6.92 Å². The Hall–Kier alpha value is -1.55. The molecule has 88 valence electrons. The van der Waals surface area contributed by atoms with Crippen LogP contribution in [0.1, 0.15) is 12.5 Å². The topological polar surface area (TPSA) is 64.3 Å². The summed E-state index contributed by atoms with van der Waals surface area (Å²) in [6, 6.07) is 7.56. The molecule has 1 unspecified atom stereocenters. The molecular formula is C12H18N2O2. The first-order valence-corrected chi connectivity index (χ1v) is 5.30. The van der Waals surface area contributed by atoms with Crippen LogP contribution in [0.5, 0.6) is 5.75 Å². The molecule has 4 heteroatoms. The summed E-state index contributed by atoms with van der Waals surface area (Å²) in [6.45, 7) is 4.28. The van der Waals surface area contributed by atoms with E-state index < -0.39 is 0 Å². The third-order valence-corrected chi connectivity index (χ3v) is 2.12. The van der Waals surface area contributed by atoms with E-state index in [9.17, 15) is 4.79 Å². The Labute approximate surface area is 95.8 Å². The van der Waals surface area contributed by atoms with E-state index in [1.807, 2.05) is 38.1 Å². The predicted octanol–water partition coefficient (Wildman–Crippen LogP) is 0.837. The smallest absolute Gasteiger partial charge is 0.258 e. The van der Waals surface area contributed by atoms with Gasteiger partial charge in [-0.15, -0.1) is 0 Å². The van der Waals surface area contributed by atoms with E-state index in [4.69, 9.17) is 10.5 Å². The Morgan fingerprint density at radius 3 is 2.94 bits per heavy atom. The molecule has 3 N–H and O–H groups in total. The quantitative estimate of drug-likeness (QED) is 0.776. The normalized spacial score (nSPS) is 11.9. The summed E-state index contributed by atoms with van der Waals surface area (Å²) in [4.78, 5) is 11.4. The van der Waals surface area contributed by atoms with E-state index in [1.165, 1.54) is 0 Å². The van der Waals surface area contributed by atoms with Gasteiger partial charge in [0, 0.05) is 12.6 Å². The Morgan fingerprint density at radius 1 is 1.56 bits per heavy atom. The maximum Gasteiger partial charge on any atom is 0.258 e. The van der Waals surface area contributed by atoms with Crippen LogP contribution >= 0.6 is 0 Å². The van der Waals surface area contributed by atoms with E-state index >= 15 is 0 Å². The highest BCUT2D eigenvalue weighted by Crippen LogP contribution is 2.11. The van der Waals surface area contributed by atoms with Crippen molar-refractivity contribution in [1.82, 2.24) is 5.32 Å². The lowest BCUT2D eigenvalue weighted by Gasteiger charge is -2.12. The van der Waals surface area contributed by atoms with Gasteiger partial charge in [0.2, 0.25) is 0 Å². The van der Waals surface area contributed by atoms with Gasteiger partial charge in [0.15, 0.2) is 6.61 Å². The molecule has 4 nitrogen and oxygen atoms in total. The van der Waals surface area contributed by atoms with Crippen LogP contribution in [0.2, 0.25) is 0 Å². The number of carbonyl (C=O) groups is 1. The number of aryl methyl sites for hydroxylation is 1. The van der Waals surface area contributed by atoms with Gasteiger partial charge in [-0.25, -0.2) is 0 Å². The van der Waals surface area contributed by atoms with Crippen molar-refractivity contribution < 1.29 is 9.53 Å². The zero-order valence-electron chi connectivity index (χ0n) is 9.69. The molecule has 0 aliphatic heterocycles. The van der Waals surface area contributed by atoms with Crippen LogP contribution in [-0.4, -0.2) is 25.1 Å². The molecule has 1 amide bonds. The maximum absolute atomic E-state index is 11.4. The minimum Gasteiger partial charge on any atom is -0.484 e. The summed E-state index contributed by atoms with van der Waals surface area (Å²) in [6.07, 6.45) is 0. The van der Waals surface area contributed by atoms with Crippen molar-refractivity contribution in [1.29, 1.82) is 0 Å². The number of ether oxygens (including phenoxy) is 1. The number of rotatable bonds is 5. The molecule has 1 aromatic rings. The summed E-state index contributed by atoms with van der Waals surface area (Å²) >= 11 is 0. The monoisotopic (exact) mass is 222 g/mol. The largest absolute Gasteiger partial charge is 0.484 e. The van der Waals surface area contributed by atoms with Gasteiger partial charge in [0.1, 0.15) is 5.75 Å². The lowest BCUT2D eigenvalue weighted by molar-refractivity contribution is -0.123. The molecule has 0 saturated heterocycles. The van der Waals surface area contributed by atoms with Gasteiger partial charge < -0.3 is 15.8 Å². The Morgan fingerprint density at radius 2 is 2.31 bits per heavy atom. The first-order valence-electron chi connectivity index (χ1n) is 5.30. The van der Waals surface area contributed by atoms with Gasteiger partial charge in [-0.3, -0.25) is 4.79 Å². The molecule has 0 spiro atoms. The van der Waals surface area contributed by atoms with Crippen LogP contribution in [0.4, 0.5) is 0 Å². The SMILES string of the molecule is Cc1cccc(OCC(=O)NC(C)CN)c1. The van der Waals surface area contributed by atoms with Crippen molar-refractivity contribution >= 4 is 5.91 Å². The predicted molar refractivity (Wildman–Crippen MR) is 63.3 cm³/mol. The van der Waals surface area contributed by atoms with Gasteiger partial charge in [-0.05, 0) is 31.5 Å². The van der Waals surface area contributed by atoms with Crippen molar-refractivity contribution in [2.75, 3.05) is 13.2 Å². The van der Waals surface area contributed by atoms with Crippen molar-refractivity contribution in [3.8, 4) is 5.75 Å². The Balaban J connectivity index is 2.37. The van der Waals surface area contributed by atoms with Crippen LogP contribution in [0.3, 0.4) is 0 Å². The minimum atomic E-state index is -0.153. The van der Waals surface area contributed by atoms with Crippen LogP contribution in [-0.2, 0) is 4.79 Å². The van der Waals surface area contributed by atoms with Gasteiger partial charge >= 0.3 is 0 Å². The lowest BCUT2D eigenvalue weighted by Crippen LogP contribution is -2.40. The number of carbonyl (C=O) groups excluding carboxylic acids is 1. The number of nitrogens with one attached hydrogen (secondary N) is 1. The van der Waals surface area contributed by atoms with Gasteiger partial charge in [-0.2, -0.15) is 0 Å². The average molecular weight is 222 g/mol. The summed E-state index contributed by atoms with van der Waals surface area (Å²) in [7, 11) is 0. The molecule has 0 fully saturated rings. The lowest BCUT2D eigenvalue weighted by atomic mass is 10.2. The van der Waals surface area contributed by atoms with Gasteiger partial charge in [0.05, 0.1) is 0 Å². The van der Waals surface area contributed by atoms with E-state index in [0.717, 1.165) is 5.56 Å². The maximum atomic E-state index is 11.4. The fourth-order valence-electron chi connectivity index (χ4n) is 1.23. The van der Waals surface area contributed by atoms with Crippen LogP contribution in [0.25, 0.3) is 0 Å². The average Bonchev–Trinajstić information content (AvgIpc) is 2.26. The standard InChI is InChI=1S/C12H18N2O2/c1-9-4-3-5-11(6-9)16-8-12(15)14-10(2)7-13/h3-6,10H,7-8,13H2,1-2H3,(H,14,15). The molecule has 1 rings (SSSR count). The molecule has 0 radical (unpaired) electrons. The third-order valence-electron chi connectivity index (χ3n) is 2.12. The molecule has 16 heavy (non-hydrogen) atoms. The second kappa shape index (κ2) is 6.12. The fraction of sp³-hybridized carbons (Fsp3) is 0.417. The van der Waals surface area contributed by atoms with Gasteiger partial charge in [-0.1, -0.05) is 12.1 Å². The van der Waals surface area contributed by atoms with E-state index in [-0.39, 0.29) is 18.6 Å². The highest BCUT2D eigenvalue weighted by atomic mass is 16.5. The Kier molecular flexibility index (Phi) is 4.79. The minimum absolute atomic E-state index is 0.0198. The van der Waals surface area contributed by atoms with E-state index in [1.54, 1.807) is 0 Å². The summed E-state index contributed by atoms with van der Waals surface area (Å²) in [5.41, 5.74) is 6.50. The van der Waals surface area contributed by atoms with Crippen LogP contribution < -0.4 is 15.8 Å². The molecule has 0 aromatic heterocycles. The second-order valence-corrected chi connectivity index (χ2v) is 3.81. The number of nitrogens with two attached hydrogens (primary N) is 1. The molecule has 1 aromatic carbocycles. The third kappa shape index (κ3) is 4.31. The first kappa shape index (κ1) is 12.5. The van der Waals surface area contributed by atoms with Crippen molar-refractivity contribution in [3.05, 3.63) is 29.8 Å². The molecule has 0 heterocycles. The zero-order valence-corrected chi connectivity index (χ0v) is 9.69. The summed E-state index contributed by atoms with van der Waals surface area (Å²) < 4.78 is 5.34. The summed E-state index contributed by atoms with van der Waals surface area (Å²) in [5.74, 6) is 0.551. The van der Waals surface area contributed by atoms with E-state index in [2.05, 4.69) is 5.32 Å². The molecule has 0 saturated carbocycles. The van der Waals surface area contributed by atoms with E-state index in [0.29, 0.717) is 12.3 Å². The molecule has 0 bridgehead atoms. The van der Waals surface area contributed by atoms with Crippen molar-refractivity contribution in [2.24, 2.45) is 5.73 Å². The zero-order chi connectivity index (χ0) is 12.0. The first-order chi connectivity index (χ1) is 7.61. The van der Waals surface area contributed by atoms with Crippen molar-refractivity contribution in [3.63, 3.8) is 0 Å². The molecule has 0 aliphatic carbocycles. The number of amides is 1. The molecule has 1 atom stereocenters. The highest BCUT2D eigenvalue weighted by Gasteiger charge is 2.06. The number of hydrogen-bond donors (Lipinski definition) is 2. The van der Waals surface area contributed by atoms with Crippen molar-refractivity contribution in [2.45, 2.75) is 19.9 Å². The Bertz CT molecular complexity index is 353. The second-order valence-electron chi connectivity index (χ2n) is 3.81.